The molecule has 1 aromatic carbocycles. The normalized spacial score (nSPS) is 9.73. The Balaban J connectivity index is 2.36. The first-order chi connectivity index (χ1) is 10.5. The van der Waals surface area contributed by atoms with E-state index in [1.807, 2.05) is 0 Å². The first-order valence-corrected chi connectivity index (χ1v) is 7.09. The molecule has 0 aliphatic carbocycles. The molecule has 0 bridgehead atoms. The molecule has 120 valence electrons. The molecule has 0 saturated carbocycles. The lowest BCUT2D eigenvalue weighted by atomic mass is 10.2. The third-order valence-corrected chi connectivity index (χ3v) is 2.50. The molecule has 0 heterocycles. The Labute approximate surface area is 132 Å². The van der Waals surface area contributed by atoms with Gasteiger partial charge in [-0.2, -0.15) is 0 Å². The summed E-state index contributed by atoms with van der Waals surface area (Å²) in [6, 6.07) is 6.23. The fourth-order valence-corrected chi connectivity index (χ4v) is 1.57. The summed E-state index contributed by atoms with van der Waals surface area (Å²) in [5.74, 6) is -0.284. The molecule has 2 N–H and O–H groups in total. The lowest BCUT2D eigenvalue weighted by Gasteiger charge is -2.08. The molecular weight excluding hydrogens is 312 g/mol. The minimum absolute atomic E-state index is 0.128. The molecular formula is C14H17ClN2O5. The average molecular weight is 329 g/mol. The van der Waals surface area contributed by atoms with Crippen LogP contribution in [0.3, 0.4) is 0 Å². The van der Waals surface area contributed by atoms with Gasteiger partial charge in [-0.05, 0) is 18.2 Å². The van der Waals surface area contributed by atoms with Gasteiger partial charge in [0, 0.05) is 25.6 Å². The molecule has 8 heteroatoms. The van der Waals surface area contributed by atoms with Gasteiger partial charge in [0.25, 0.3) is 5.91 Å². The predicted octanol–water partition coefficient (Wildman–Crippen LogP) is 1.31. The number of amides is 2. The number of alkyl carbamates (subject to hydrolysis) is 1. The summed E-state index contributed by atoms with van der Waals surface area (Å²) in [6.07, 6.45) is -0.591. The second kappa shape index (κ2) is 9.62. The van der Waals surface area contributed by atoms with Crippen molar-refractivity contribution in [2.24, 2.45) is 0 Å². The maximum absolute atomic E-state index is 11.9. The molecule has 0 aliphatic rings. The van der Waals surface area contributed by atoms with Gasteiger partial charge in [0.2, 0.25) is 0 Å². The molecule has 2 amide bonds. The second-order valence-corrected chi connectivity index (χ2v) is 4.51. The third-order valence-electron chi connectivity index (χ3n) is 2.35. The standard InChI is InChI=1S/C14H17ClN2O5/c1-10(18)22-12-4-2-3-11(9-12)13(19)16-6-7-17-14(20)21-8-5-15/h2-4,9H,5-8H2,1H3,(H,16,19)(H,17,20). The number of carbonyl (C=O) groups is 3. The minimum atomic E-state index is -0.591. The lowest BCUT2D eigenvalue weighted by molar-refractivity contribution is -0.131. The number of halogens is 1. The van der Waals surface area contributed by atoms with Crippen LogP contribution in [0.5, 0.6) is 5.75 Å². The topological polar surface area (TPSA) is 93.7 Å². The zero-order chi connectivity index (χ0) is 16.4. The summed E-state index contributed by atoms with van der Waals surface area (Å²) >= 11 is 5.37. The molecule has 0 saturated heterocycles. The molecule has 0 aromatic heterocycles. The molecule has 0 radical (unpaired) electrons. The van der Waals surface area contributed by atoms with E-state index in [0.29, 0.717) is 11.3 Å². The van der Waals surface area contributed by atoms with E-state index in [2.05, 4.69) is 10.6 Å². The Hall–Kier alpha value is -2.28. The number of benzene rings is 1. The highest BCUT2D eigenvalue weighted by atomic mass is 35.5. The Morgan fingerprint density at radius 1 is 1.18 bits per heavy atom. The highest BCUT2D eigenvalue weighted by molar-refractivity contribution is 6.18. The van der Waals surface area contributed by atoms with E-state index < -0.39 is 12.1 Å². The Bertz CT molecular complexity index is 536. The van der Waals surface area contributed by atoms with Crippen LogP contribution < -0.4 is 15.4 Å². The summed E-state index contributed by atoms with van der Waals surface area (Å²) in [5, 5.41) is 5.07. The van der Waals surface area contributed by atoms with Crippen molar-refractivity contribution in [2.45, 2.75) is 6.92 Å². The number of hydrogen-bond acceptors (Lipinski definition) is 5. The van der Waals surface area contributed by atoms with Crippen molar-refractivity contribution in [3.63, 3.8) is 0 Å². The van der Waals surface area contributed by atoms with Crippen molar-refractivity contribution in [1.82, 2.24) is 10.6 Å². The van der Waals surface area contributed by atoms with Crippen molar-refractivity contribution in [2.75, 3.05) is 25.6 Å². The fraction of sp³-hybridized carbons (Fsp3) is 0.357. The monoisotopic (exact) mass is 328 g/mol. The van der Waals surface area contributed by atoms with Crippen LogP contribution in [0.1, 0.15) is 17.3 Å². The van der Waals surface area contributed by atoms with Gasteiger partial charge in [-0.15, -0.1) is 11.6 Å². The van der Waals surface area contributed by atoms with Gasteiger partial charge in [-0.1, -0.05) is 6.07 Å². The number of esters is 1. The molecule has 0 atom stereocenters. The SMILES string of the molecule is CC(=O)Oc1cccc(C(=O)NCCNC(=O)OCCCl)c1. The van der Waals surface area contributed by atoms with Crippen LogP contribution in [-0.2, 0) is 9.53 Å². The molecule has 0 aliphatic heterocycles. The van der Waals surface area contributed by atoms with Gasteiger partial charge in [-0.25, -0.2) is 4.79 Å². The predicted molar refractivity (Wildman–Crippen MR) is 80.2 cm³/mol. The van der Waals surface area contributed by atoms with Gasteiger partial charge in [-0.3, -0.25) is 9.59 Å². The van der Waals surface area contributed by atoms with Crippen molar-refractivity contribution in [1.29, 1.82) is 0 Å². The number of ether oxygens (including phenoxy) is 2. The van der Waals surface area contributed by atoms with E-state index in [1.165, 1.54) is 13.0 Å². The fourth-order valence-electron chi connectivity index (χ4n) is 1.49. The van der Waals surface area contributed by atoms with E-state index in [-0.39, 0.29) is 31.5 Å². The largest absolute Gasteiger partial charge is 0.448 e. The van der Waals surface area contributed by atoms with Gasteiger partial charge < -0.3 is 20.1 Å². The Kier molecular flexibility index (Phi) is 7.77. The van der Waals surface area contributed by atoms with Crippen molar-refractivity contribution < 1.29 is 23.9 Å². The van der Waals surface area contributed by atoms with Crippen LogP contribution in [0, 0.1) is 0 Å². The second-order valence-electron chi connectivity index (χ2n) is 4.13. The highest BCUT2D eigenvalue weighted by Gasteiger charge is 2.07. The summed E-state index contributed by atoms with van der Waals surface area (Å²) in [7, 11) is 0. The summed E-state index contributed by atoms with van der Waals surface area (Å²) < 4.78 is 9.59. The number of rotatable bonds is 7. The van der Waals surface area contributed by atoms with Crippen LogP contribution in [0.2, 0.25) is 0 Å². The molecule has 0 spiro atoms. The smallest absolute Gasteiger partial charge is 0.407 e. The van der Waals surface area contributed by atoms with Crippen LogP contribution in [0.25, 0.3) is 0 Å². The average Bonchev–Trinajstić information content (AvgIpc) is 2.49. The Morgan fingerprint density at radius 2 is 1.91 bits per heavy atom. The van der Waals surface area contributed by atoms with Crippen molar-refractivity contribution in [3.05, 3.63) is 29.8 Å². The van der Waals surface area contributed by atoms with E-state index in [0.717, 1.165) is 0 Å². The Morgan fingerprint density at radius 3 is 2.59 bits per heavy atom. The van der Waals surface area contributed by atoms with Gasteiger partial charge in [0.05, 0.1) is 5.88 Å². The maximum Gasteiger partial charge on any atom is 0.407 e. The molecule has 7 nitrogen and oxygen atoms in total. The quantitative estimate of drug-likeness (QED) is 0.340. The first-order valence-electron chi connectivity index (χ1n) is 6.56. The molecule has 1 aromatic rings. The highest BCUT2D eigenvalue weighted by Crippen LogP contribution is 2.13. The number of alkyl halides is 1. The molecule has 22 heavy (non-hydrogen) atoms. The number of carbonyl (C=O) groups excluding carboxylic acids is 3. The van der Waals surface area contributed by atoms with E-state index in [4.69, 9.17) is 21.1 Å². The van der Waals surface area contributed by atoms with Crippen LogP contribution >= 0.6 is 11.6 Å². The zero-order valence-electron chi connectivity index (χ0n) is 12.1. The van der Waals surface area contributed by atoms with Gasteiger partial charge >= 0.3 is 12.1 Å². The van der Waals surface area contributed by atoms with Crippen molar-refractivity contribution in [3.8, 4) is 5.75 Å². The van der Waals surface area contributed by atoms with Gasteiger partial charge in [0.15, 0.2) is 0 Å². The van der Waals surface area contributed by atoms with Crippen LogP contribution in [0.15, 0.2) is 24.3 Å². The zero-order valence-corrected chi connectivity index (χ0v) is 12.8. The van der Waals surface area contributed by atoms with Crippen LogP contribution in [0.4, 0.5) is 4.79 Å². The maximum atomic E-state index is 11.9. The molecule has 0 unspecified atom stereocenters. The van der Waals surface area contributed by atoms with E-state index in [1.54, 1.807) is 18.2 Å². The summed E-state index contributed by atoms with van der Waals surface area (Å²) in [5.41, 5.74) is 0.350. The summed E-state index contributed by atoms with van der Waals surface area (Å²) in [4.78, 5) is 33.9. The lowest BCUT2D eigenvalue weighted by Crippen LogP contribution is -2.35. The summed E-state index contributed by atoms with van der Waals surface area (Å²) in [6.45, 7) is 1.85. The minimum Gasteiger partial charge on any atom is -0.448 e. The first kappa shape index (κ1) is 17.8. The van der Waals surface area contributed by atoms with Crippen LogP contribution in [-0.4, -0.2) is 43.5 Å². The van der Waals surface area contributed by atoms with Gasteiger partial charge in [0.1, 0.15) is 12.4 Å². The van der Waals surface area contributed by atoms with E-state index in [9.17, 15) is 14.4 Å². The number of nitrogens with one attached hydrogen (secondary N) is 2. The number of hydrogen-bond donors (Lipinski definition) is 2. The molecule has 0 fully saturated rings. The third kappa shape index (κ3) is 6.94. The van der Waals surface area contributed by atoms with E-state index >= 15 is 0 Å². The van der Waals surface area contributed by atoms with Crippen molar-refractivity contribution >= 4 is 29.6 Å². The molecule has 1 rings (SSSR count).